The van der Waals surface area contributed by atoms with Crippen LogP contribution in [-0.2, 0) is 11.3 Å². The second-order valence-electron chi connectivity index (χ2n) is 3.45. The molecule has 17 heavy (non-hydrogen) atoms. The van der Waals surface area contributed by atoms with Crippen molar-refractivity contribution in [2.24, 2.45) is 5.73 Å². The topological polar surface area (TPSA) is 75.4 Å². The molecule has 0 saturated carbocycles. The van der Waals surface area contributed by atoms with Crippen molar-refractivity contribution in [3.8, 4) is 11.8 Å². The van der Waals surface area contributed by atoms with E-state index in [-0.39, 0.29) is 18.5 Å². The molecule has 0 bridgehead atoms. The van der Waals surface area contributed by atoms with Crippen LogP contribution in [0.3, 0.4) is 0 Å². The van der Waals surface area contributed by atoms with Gasteiger partial charge in [0.1, 0.15) is 0 Å². The Morgan fingerprint density at radius 3 is 3.00 bits per heavy atom. The largest absolute Gasteiger partial charge is 0.329 e. The van der Waals surface area contributed by atoms with Crippen LogP contribution in [0.1, 0.15) is 10.4 Å². The van der Waals surface area contributed by atoms with E-state index in [4.69, 9.17) is 5.73 Å². The average molecular weight is 249 g/mol. The number of nitrogens with two attached hydrogens (primary N) is 1. The molecule has 2 heterocycles. The Bertz CT molecular complexity index is 496. The lowest BCUT2D eigenvalue weighted by Crippen LogP contribution is -2.29. The molecule has 1 aliphatic rings. The Kier molecular flexibility index (Phi) is 3.42. The van der Waals surface area contributed by atoms with Gasteiger partial charge in [0, 0.05) is 15.8 Å². The number of nitrogens with one attached hydrogen (secondary N) is 1. The van der Waals surface area contributed by atoms with Gasteiger partial charge in [-0.1, -0.05) is 11.8 Å². The van der Waals surface area contributed by atoms with Crippen molar-refractivity contribution in [3.63, 3.8) is 0 Å². The Morgan fingerprint density at radius 1 is 1.53 bits per heavy atom. The maximum Gasteiger partial charge on any atom is 0.324 e. The van der Waals surface area contributed by atoms with Gasteiger partial charge in [0.2, 0.25) is 5.91 Å². The number of imide groups is 1. The summed E-state index contributed by atoms with van der Waals surface area (Å²) in [6.07, 6.45) is 0. The van der Waals surface area contributed by atoms with E-state index in [9.17, 15) is 9.59 Å². The summed E-state index contributed by atoms with van der Waals surface area (Å²) < 4.78 is 0. The Morgan fingerprint density at radius 2 is 2.35 bits per heavy atom. The fraction of sp³-hybridized carbons (Fsp3) is 0.273. The molecule has 0 radical (unpaired) electrons. The second-order valence-corrected chi connectivity index (χ2v) is 4.44. The highest BCUT2D eigenvalue weighted by Gasteiger charge is 2.28. The lowest BCUT2D eigenvalue weighted by atomic mass is 10.3. The van der Waals surface area contributed by atoms with Crippen molar-refractivity contribution in [3.05, 3.63) is 21.9 Å². The molecule has 0 unspecified atom stereocenters. The van der Waals surface area contributed by atoms with Gasteiger partial charge in [0.15, 0.2) is 0 Å². The predicted molar refractivity (Wildman–Crippen MR) is 64.2 cm³/mol. The summed E-state index contributed by atoms with van der Waals surface area (Å²) in [5, 5.41) is 4.36. The number of carbonyl (C=O) groups is 2. The Hall–Kier alpha value is -1.84. The minimum Gasteiger partial charge on any atom is -0.329 e. The van der Waals surface area contributed by atoms with Crippen LogP contribution in [0, 0.1) is 11.8 Å². The molecule has 6 heteroatoms. The third-order valence-corrected chi connectivity index (χ3v) is 3.16. The van der Waals surface area contributed by atoms with Crippen molar-refractivity contribution < 1.29 is 9.59 Å². The molecule has 1 aliphatic heterocycles. The van der Waals surface area contributed by atoms with Crippen molar-refractivity contribution in [2.45, 2.75) is 6.54 Å². The lowest BCUT2D eigenvalue weighted by molar-refractivity contribution is -0.125. The molecule has 1 aromatic heterocycles. The van der Waals surface area contributed by atoms with Crippen LogP contribution in [0.25, 0.3) is 0 Å². The Labute approximate surface area is 103 Å². The summed E-state index contributed by atoms with van der Waals surface area (Å²) in [7, 11) is 0. The molecule has 88 valence electrons. The first kappa shape index (κ1) is 11.6. The van der Waals surface area contributed by atoms with Gasteiger partial charge < -0.3 is 11.1 Å². The van der Waals surface area contributed by atoms with E-state index in [0.29, 0.717) is 13.1 Å². The van der Waals surface area contributed by atoms with E-state index in [1.165, 1.54) is 16.2 Å². The zero-order valence-electron chi connectivity index (χ0n) is 9.03. The first-order valence-corrected chi connectivity index (χ1v) is 5.93. The SMILES string of the molecule is NCC#Cc1csc(CN2C(=O)CNC2=O)c1. The molecular formula is C11H11N3O2S. The summed E-state index contributed by atoms with van der Waals surface area (Å²) in [6, 6.07) is 1.53. The van der Waals surface area contributed by atoms with Crippen LogP contribution >= 0.6 is 11.3 Å². The van der Waals surface area contributed by atoms with Crippen LogP contribution in [0.2, 0.25) is 0 Å². The number of thiophene rings is 1. The van der Waals surface area contributed by atoms with Gasteiger partial charge in [-0.2, -0.15) is 0 Å². The number of hydrogen-bond donors (Lipinski definition) is 2. The van der Waals surface area contributed by atoms with E-state index in [1.54, 1.807) is 0 Å². The second kappa shape index (κ2) is 4.99. The van der Waals surface area contributed by atoms with Crippen LogP contribution in [0.4, 0.5) is 4.79 Å². The molecule has 3 N–H and O–H groups in total. The standard InChI is InChI=1S/C11H11N3O2S/c12-3-1-2-8-4-9(17-7-8)6-14-10(15)5-13-11(14)16/h4,7H,3,5-6,12H2,(H,13,16). The van der Waals surface area contributed by atoms with Crippen molar-refractivity contribution >= 4 is 23.3 Å². The molecular weight excluding hydrogens is 238 g/mol. The van der Waals surface area contributed by atoms with Crippen LogP contribution < -0.4 is 11.1 Å². The van der Waals surface area contributed by atoms with Gasteiger partial charge in [-0.15, -0.1) is 11.3 Å². The summed E-state index contributed by atoms with van der Waals surface area (Å²) in [5.74, 6) is 5.46. The number of amides is 3. The molecule has 1 aromatic rings. The van der Waals surface area contributed by atoms with Crippen LogP contribution in [0.15, 0.2) is 11.4 Å². The molecule has 1 fully saturated rings. The molecule has 3 amide bonds. The van der Waals surface area contributed by atoms with Gasteiger partial charge in [-0.05, 0) is 6.07 Å². The predicted octanol–water partition coefficient (Wildman–Crippen LogP) is 0.110. The first-order chi connectivity index (χ1) is 8.20. The molecule has 0 aliphatic carbocycles. The summed E-state index contributed by atoms with van der Waals surface area (Å²) in [4.78, 5) is 24.8. The highest BCUT2D eigenvalue weighted by atomic mass is 32.1. The average Bonchev–Trinajstić information content (AvgIpc) is 2.88. The van der Waals surface area contributed by atoms with Crippen LogP contribution in [-0.4, -0.2) is 29.9 Å². The van der Waals surface area contributed by atoms with Gasteiger partial charge >= 0.3 is 6.03 Å². The van der Waals surface area contributed by atoms with Crippen molar-refractivity contribution in [2.75, 3.05) is 13.1 Å². The van der Waals surface area contributed by atoms with E-state index >= 15 is 0 Å². The first-order valence-electron chi connectivity index (χ1n) is 5.05. The van der Waals surface area contributed by atoms with E-state index in [0.717, 1.165) is 10.4 Å². The maximum atomic E-state index is 11.4. The van der Waals surface area contributed by atoms with Crippen molar-refractivity contribution in [1.29, 1.82) is 0 Å². The number of hydrogen-bond acceptors (Lipinski definition) is 4. The highest BCUT2D eigenvalue weighted by Crippen LogP contribution is 2.17. The van der Waals surface area contributed by atoms with Gasteiger partial charge in [-0.3, -0.25) is 9.69 Å². The lowest BCUT2D eigenvalue weighted by Gasteiger charge is -2.09. The quantitative estimate of drug-likeness (QED) is 0.577. The van der Waals surface area contributed by atoms with Gasteiger partial charge in [0.25, 0.3) is 0 Å². The summed E-state index contributed by atoms with van der Waals surface area (Å²) in [5.41, 5.74) is 6.14. The summed E-state index contributed by atoms with van der Waals surface area (Å²) >= 11 is 1.47. The monoisotopic (exact) mass is 249 g/mol. The Balaban J connectivity index is 2.06. The third kappa shape index (κ3) is 2.64. The highest BCUT2D eigenvalue weighted by molar-refractivity contribution is 7.10. The number of urea groups is 1. The van der Waals surface area contributed by atoms with Gasteiger partial charge in [-0.25, -0.2) is 4.79 Å². The van der Waals surface area contributed by atoms with Crippen molar-refractivity contribution in [1.82, 2.24) is 10.2 Å². The zero-order valence-corrected chi connectivity index (χ0v) is 9.84. The molecule has 2 rings (SSSR count). The number of nitrogens with zero attached hydrogens (tertiary/aromatic N) is 1. The minimum atomic E-state index is -0.335. The smallest absolute Gasteiger partial charge is 0.324 e. The van der Waals surface area contributed by atoms with Gasteiger partial charge in [0.05, 0.1) is 19.6 Å². The normalized spacial score (nSPS) is 14.5. The fourth-order valence-electron chi connectivity index (χ4n) is 1.45. The third-order valence-electron chi connectivity index (χ3n) is 2.24. The van der Waals surface area contributed by atoms with E-state index < -0.39 is 0 Å². The number of carbonyl (C=O) groups excluding carboxylic acids is 2. The maximum absolute atomic E-state index is 11.4. The molecule has 0 atom stereocenters. The molecule has 1 saturated heterocycles. The number of rotatable bonds is 2. The zero-order chi connectivity index (χ0) is 12.3. The summed E-state index contributed by atoms with van der Waals surface area (Å²) in [6.45, 7) is 0.710. The molecule has 5 nitrogen and oxygen atoms in total. The molecule has 0 spiro atoms. The van der Waals surface area contributed by atoms with Crippen LogP contribution in [0.5, 0.6) is 0 Å². The molecule has 0 aromatic carbocycles. The fourth-order valence-corrected chi connectivity index (χ4v) is 2.26. The van der Waals surface area contributed by atoms with E-state index in [2.05, 4.69) is 17.2 Å². The van der Waals surface area contributed by atoms with E-state index in [1.807, 2.05) is 11.4 Å². The minimum absolute atomic E-state index is 0.0873.